The van der Waals surface area contributed by atoms with Gasteiger partial charge in [-0.2, -0.15) is 4.98 Å². The third-order valence-corrected chi connectivity index (χ3v) is 5.35. The molecule has 21 heavy (non-hydrogen) atoms. The molecule has 112 valence electrons. The number of nitrogens with one attached hydrogen (secondary N) is 1. The quantitative estimate of drug-likeness (QED) is 0.924. The van der Waals surface area contributed by atoms with E-state index in [0.29, 0.717) is 5.89 Å². The Morgan fingerprint density at radius 2 is 2.10 bits per heavy atom. The van der Waals surface area contributed by atoms with E-state index in [1.165, 1.54) is 36.1 Å². The summed E-state index contributed by atoms with van der Waals surface area (Å²) in [5.74, 6) is 1.46. The zero-order valence-corrected chi connectivity index (χ0v) is 12.9. The Morgan fingerprint density at radius 3 is 2.95 bits per heavy atom. The highest BCUT2D eigenvalue weighted by Crippen LogP contribution is 2.32. The summed E-state index contributed by atoms with van der Waals surface area (Å²) in [4.78, 5) is 8.37. The number of aromatic nitrogens is 2. The molecule has 6 heteroatoms. The van der Waals surface area contributed by atoms with Gasteiger partial charge in [-0.05, 0) is 41.4 Å². The van der Waals surface area contributed by atoms with Crippen LogP contribution in [0.4, 0.5) is 5.95 Å². The Kier molecular flexibility index (Phi) is 3.65. The van der Waals surface area contributed by atoms with Crippen molar-refractivity contribution in [3.63, 3.8) is 0 Å². The van der Waals surface area contributed by atoms with Crippen LogP contribution in [0.2, 0.25) is 0 Å². The number of hydrogen-bond donors (Lipinski definition) is 1. The SMILES string of the molecule is c1cc2c(s1)CCNC2c1nc(N2CCCCCC2)no1. The third kappa shape index (κ3) is 2.58. The van der Waals surface area contributed by atoms with Gasteiger partial charge in [-0.15, -0.1) is 11.3 Å². The average Bonchev–Trinajstić information content (AvgIpc) is 3.10. The first-order valence-electron chi connectivity index (χ1n) is 7.80. The highest BCUT2D eigenvalue weighted by Gasteiger charge is 2.28. The lowest BCUT2D eigenvalue weighted by Crippen LogP contribution is -2.30. The lowest BCUT2D eigenvalue weighted by molar-refractivity contribution is 0.344. The fourth-order valence-electron chi connectivity index (χ4n) is 3.21. The Labute approximate surface area is 128 Å². The third-order valence-electron chi connectivity index (χ3n) is 4.36. The molecule has 1 atom stereocenters. The van der Waals surface area contributed by atoms with Gasteiger partial charge < -0.3 is 14.7 Å². The van der Waals surface area contributed by atoms with E-state index in [0.717, 1.165) is 32.0 Å². The van der Waals surface area contributed by atoms with Crippen LogP contribution in [-0.2, 0) is 6.42 Å². The number of rotatable bonds is 2. The lowest BCUT2D eigenvalue weighted by Gasteiger charge is -2.21. The molecule has 4 rings (SSSR count). The highest BCUT2D eigenvalue weighted by molar-refractivity contribution is 7.10. The van der Waals surface area contributed by atoms with Gasteiger partial charge in [-0.1, -0.05) is 12.8 Å². The normalized spacial score (nSPS) is 22.9. The summed E-state index contributed by atoms with van der Waals surface area (Å²) >= 11 is 1.82. The second-order valence-corrected chi connectivity index (χ2v) is 6.77. The van der Waals surface area contributed by atoms with Crippen molar-refractivity contribution < 1.29 is 4.52 Å². The maximum atomic E-state index is 5.56. The van der Waals surface area contributed by atoms with Crippen LogP contribution < -0.4 is 10.2 Å². The summed E-state index contributed by atoms with van der Waals surface area (Å²) in [6, 6.07) is 2.24. The van der Waals surface area contributed by atoms with Gasteiger partial charge in [0.25, 0.3) is 5.95 Å². The van der Waals surface area contributed by atoms with E-state index in [-0.39, 0.29) is 6.04 Å². The second-order valence-electron chi connectivity index (χ2n) is 5.77. The molecule has 0 saturated carbocycles. The Balaban J connectivity index is 1.58. The van der Waals surface area contributed by atoms with Gasteiger partial charge in [0.1, 0.15) is 6.04 Å². The topological polar surface area (TPSA) is 54.2 Å². The van der Waals surface area contributed by atoms with E-state index in [4.69, 9.17) is 4.52 Å². The number of fused-ring (bicyclic) bond motifs is 1. The van der Waals surface area contributed by atoms with E-state index in [1.807, 2.05) is 11.3 Å². The minimum atomic E-state index is 0.0632. The molecule has 0 aromatic carbocycles. The number of thiophene rings is 1. The standard InChI is InChI=1S/C15H20N4OS/c1-2-4-9-19(8-3-1)15-17-14(20-18-15)13-11-6-10-21-12(11)5-7-16-13/h6,10,13,16H,1-5,7-9H2. The molecule has 0 bridgehead atoms. The molecule has 1 N–H and O–H groups in total. The lowest BCUT2D eigenvalue weighted by atomic mass is 10.0. The van der Waals surface area contributed by atoms with E-state index in [2.05, 4.69) is 31.8 Å². The summed E-state index contributed by atoms with van der Waals surface area (Å²) in [6.45, 7) is 3.06. The van der Waals surface area contributed by atoms with Gasteiger partial charge in [-0.3, -0.25) is 0 Å². The van der Waals surface area contributed by atoms with Crippen LogP contribution in [0.1, 0.15) is 48.1 Å². The molecule has 0 radical (unpaired) electrons. The van der Waals surface area contributed by atoms with Crippen molar-refractivity contribution in [2.45, 2.75) is 38.1 Å². The zero-order valence-electron chi connectivity index (χ0n) is 12.0. The Morgan fingerprint density at radius 1 is 1.24 bits per heavy atom. The van der Waals surface area contributed by atoms with Crippen molar-refractivity contribution in [2.24, 2.45) is 0 Å². The molecule has 2 aliphatic heterocycles. The maximum absolute atomic E-state index is 5.56. The van der Waals surface area contributed by atoms with Gasteiger partial charge in [0.2, 0.25) is 5.89 Å². The van der Waals surface area contributed by atoms with Gasteiger partial charge in [0, 0.05) is 24.5 Å². The zero-order chi connectivity index (χ0) is 14.1. The minimum Gasteiger partial charge on any atom is -0.338 e. The summed E-state index contributed by atoms with van der Waals surface area (Å²) in [7, 11) is 0. The summed E-state index contributed by atoms with van der Waals surface area (Å²) < 4.78 is 5.56. The van der Waals surface area contributed by atoms with Crippen molar-refractivity contribution in [3.05, 3.63) is 27.8 Å². The first-order valence-corrected chi connectivity index (χ1v) is 8.68. The van der Waals surface area contributed by atoms with Crippen LogP contribution >= 0.6 is 11.3 Å². The molecule has 4 heterocycles. The molecule has 2 aromatic rings. The summed E-state index contributed by atoms with van der Waals surface area (Å²) in [5, 5.41) is 9.86. The molecule has 0 spiro atoms. The van der Waals surface area contributed by atoms with Crippen molar-refractivity contribution in [2.75, 3.05) is 24.5 Å². The number of nitrogens with zero attached hydrogens (tertiary/aromatic N) is 3. The van der Waals surface area contributed by atoms with E-state index >= 15 is 0 Å². The van der Waals surface area contributed by atoms with Crippen LogP contribution in [0.15, 0.2) is 16.0 Å². The van der Waals surface area contributed by atoms with Crippen LogP contribution in [0.5, 0.6) is 0 Å². The number of anilines is 1. The van der Waals surface area contributed by atoms with Gasteiger partial charge >= 0.3 is 0 Å². The van der Waals surface area contributed by atoms with Crippen LogP contribution in [-0.4, -0.2) is 29.8 Å². The maximum Gasteiger partial charge on any atom is 0.266 e. The van der Waals surface area contributed by atoms with Crippen molar-refractivity contribution in [1.29, 1.82) is 0 Å². The van der Waals surface area contributed by atoms with Crippen LogP contribution in [0.25, 0.3) is 0 Å². The molecule has 1 unspecified atom stereocenters. The van der Waals surface area contributed by atoms with E-state index < -0.39 is 0 Å². The van der Waals surface area contributed by atoms with Crippen molar-refractivity contribution in [3.8, 4) is 0 Å². The molecular weight excluding hydrogens is 284 g/mol. The average molecular weight is 304 g/mol. The van der Waals surface area contributed by atoms with Crippen LogP contribution in [0.3, 0.4) is 0 Å². The van der Waals surface area contributed by atoms with Gasteiger partial charge in [0.15, 0.2) is 0 Å². The minimum absolute atomic E-state index is 0.0632. The molecule has 5 nitrogen and oxygen atoms in total. The first kappa shape index (κ1) is 13.3. The van der Waals surface area contributed by atoms with E-state index in [1.54, 1.807) is 0 Å². The largest absolute Gasteiger partial charge is 0.338 e. The molecule has 0 amide bonds. The van der Waals surface area contributed by atoms with E-state index in [9.17, 15) is 0 Å². The Bertz CT molecular complexity index is 600. The predicted octanol–water partition coefficient (Wildman–Crippen LogP) is 2.75. The monoisotopic (exact) mass is 304 g/mol. The molecule has 1 saturated heterocycles. The Hall–Kier alpha value is -1.40. The van der Waals surface area contributed by atoms with Crippen molar-refractivity contribution in [1.82, 2.24) is 15.5 Å². The molecule has 2 aromatic heterocycles. The molecule has 0 aliphatic carbocycles. The molecule has 1 fully saturated rings. The van der Waals surface area contributed by atoms with Crippen molar-refractivity contribution >= 4 is 17.3 Å². The predicted molar refractivity (Wildman–Crippen MR) is 82.8 cm³/mol. The summed E-state index contributed by atoms with van der Waals surface area (Å²) in [6.07, 6.45) is 6.16. The molecular formula is C15H20N4OS. The highest BCUT2D eigenvalue weighted by atomic mass is 32.1. The van der Waals surface area contributed by atoms with Gasteiger partial charge in [0.05, 0.1) is 0 Å². The van der Waals surface area contributed by atoms with Crippen LogP contribution in [0, 0.1) is 0 Å². The summed E-state index contributed by atoms with van der Waals surface area (Å²) in [5.41, 5.74) is 1.30. The molecule has 2 aliphatic rings. The fraction of sp³-hybridized carbons (Fsp3) is 0.600. The fourth-order valence-corrected chi connectivity index (χ4v) is 4.14. The second kappa shape index (κ2) is 5.77. The smallest absolute Gasteiger partial charge is 0.266 e. The van der Waals surface area contributed by atoms with Gasteiger partial charge in [-0.25, -0.2) is 0 Å². The first-order chi connectivity index (χ1) is 10.4. The number of hydrogen-bond acceptors (Lipinski definition) is 6.